The monoisotopic (exact) mass is 432 g/mol. The van der Waals surface area contributed by atoms with Crippen molar-refractivity contribution in [1.29, 1.82) is 0 Å². The summed E-state index contributed by atoms with van der Waals surface area (Å²) in [4.78, 5) is 29.4. The standard InChI is InChI=1S/C23H24N6OS/c1-2-17-20-21(26-22(25-17)29-15-7-13-24-29)27-23(31-20)28-14-6-10-18(28)19(30)12-11-16-8-4-3-5-9-16/h3-5,7-9,13,15,18H,2,6,10-12,14H2,1H3/t18-/m1/s1. The lowest BCUT2D eigenvalue weighted by molar-refractivity contribution is -0.120. The lowest BCUT2D eigenvalue weighted by Gasteiger charge is -2.22. The number of nitrogens with zero attached hydrogens (tertiary/aromatic N) is 6. The van der Waals surface area contributed by atoms with E-state index in [1.54, 1.807) is 22.2 Å². The summed E-state index contributed by atoms with van der Waals surface area (Å²) in [5.41, 5.74) is 2.85. The molecule has 1 aliphatic heterocycles. The van der Waals surface area contributed by atoms with Crippen LogP contribution in [-0.4, -0.2) is 43.1 Å². The highest BCUT2D eigenvalue weighted by molar-refractivity contribution is 7.22. The van der Waals surface area contributed by atoms with Gasteiger partial charge in [0.15, 0.2) is 16.6 Å². The van der Waals surface area contributed by atoms with Crippen molar-refractivity contribution >= 4 is 32.6 Å². The van der Waals surface area contributed by atoms with E-state index in [1.165, 1.54) is 5.56 Å². The molecule has 1 aromatic carbocycles. The fourth-order valence-electron chi connectivity index (χ4n) is 4.12. The van der Waals surface area contributed by atoms with Crippen molar-refractivity contribution in [2.45, 2.75) is 45.1 Å². The first-order chi connectivity index (χ1) is 15.2. The molecule has 31 heavy (non-hydrogen) atoms. The van der Waals surface area contributed by atoms with Gasteiger partial charge in [-0.15, -0.1) is 0 Å². The molecule has 8 heteroatoms. The van der Waals surface area contributed by atoms with Crippen molar-refractivity contribution in [1.82, 2.24) is 24.7 Å². The molecule has 0 saturated carbocycles. The van der Waals surface area contributed by atoms with Crippen molar-refractivity contribution in [3.05, 3.63) is 60.0 Å². The molecule has 0 aliphatic carbocycles. The number of Topliss-reactive ketones (excluding diaryl/α,β-unsaturated/α-hetero) is 1. The second-order valence-electron chi connectivity index (χ2n) is 7.73. The average molecular weight is 433 g/mol. The number of carbonyl (C=O) groups is 1. The van der Waals surface area contributed by atoms with Gasteiger partial charge < -0.3 is 4.90 Å². The van der Waals surface area contributed by atoms with E-state index in [0.717, 1.165) is 47.8 Å². The van der Waals surface area contributed by atoms with E-state index in [0.29, 0.717) is 23.8 Å². The van der Waals surface area contributed by atoms with Crippen LogP contribution in [0, 0.1) is 0 Å². The molecule has 4 heterocycles. The Kier molecular flexibility index (Phi) is 5.46. The molecule has 0 radical (unpaired) electrons. The van der Waals surface area contributed by atoms with Crippen molar-refractivity contribution < 1.29 is 4.79 Å². The summed E-state index contributed by atoms with van der Waals surface area (Å²) in [5.74, 6) is 0.822. The van der Waals surface area contributed by atoms with E-state index in [1.807, 2.05) is 30.5 Å². The van der Waals surface area contributed by atoms with Crippen LogP contribution in [0.4, 0.5) is 5.13 Å². The molecule has 4 aromatic rings. The first-order valence-electron chi connectivity index (χ1n) is 10.7. The van der Waals surface area contributed by atoms with Gasteiger partial charge in [-0.25, -0.2) is 9.67 Å². The van der Waals surface area contributed by atoms with Gasteiger partial charge in [-0.05, 0) is 37.3 Å². The van der Waals surface area contributed by atoms with Crippen molar-refractivity contribution in [2.75, 3.05) is 11.4 Å². The Morgan fingerprint density at radius 3 is 2.81 bits per heavy atom. The van der Waals surface area contributed by atoms with E-state index < -0.39 is 0 Å². The van der Waals surface area contributed by atoms with E-state index in [-0.39, 0.29) is 6.04 Å². The van der Waals surface area contributed by atoms with E-state index in [2.05, 4.69) is 34.0 Å². The predicted octanol–water partition coefficient (Wildman–Crippen LogP) is 4.01. The van der Waals surface area contributed by atoms with Gasteiger partial charge in [-0.3, -0.25) is 4.79 Å². The van der Waals surface area contributed by atoms with Gasteiger partial charge in [0.25, 0.3) is 5.95 Å². The molecule has 3 aromatic heterocycles. The predicted molar refractivity (Wildman–Crippen MR) is 122 cm³/mol. The van der Waals surface area contributed by atoms with Crippen LogP contribution in [0.1, 0.15) is 37.4 Å². The molecule has 7 nitrogen and oxygen atoms in total. The highest BCUT2D eigenvalue weighted by Crippen LogP contribution is 2.35. The molecule has 0 spiro atoms. The number of fused-ring (bicyclic) bond motifs is 1. The van der Waals surface area contributed by atoms with Crippen LogP contribution in [0.5, 0.6) is 0 Å². The van der Waals surface area contributed by atoms with Crippen LogP contribution in [0.15, 0.2) is 48.8 Å². The topological polar surface area (TPSA) is 76.8 Å². The largest absolute Gasteiger partial charge is 0.338 e. The molecule has 1 atom stereocenters. The minimum absolute atomic E-state index is 0.104. The Bertz CT molecular complexity index is 1190. The number of hydrogen-bond acceptors (Lipinski definition) is 7. The van der Waals surface area contributed by atoms with Crippen molar-refractivity contribution in [2.24, 2.45) is 0 Å². The highest BCUT2D eigenvalue weighted by Gasteiger charge is 2.32. The third-order valence-electron chi connectivity index (χ3n) is 5.72. The summed E-state index contributed by atoms with van der Waals surface area (Å²) >= 11 is 1.60. The molecule has 0 unspecified atom stereocenters. The molecule has 0 amide bonds. The van der Waals surface area contributed by atoms with Gasteiger partial charge in [0, 0.05) is 25.4 Å². The Morgan fingerprint density at radius 2 is 2.03 bits per heavy atom. The molecule has 1 fully saturated rings. The van der Waals surface area contributed by atoms with Crippen LogP contribution in [0.3, 0.4) is 0 Å². The molecule has 0 bridgehead atoms. The lowest BCUT2D eigenvalue weighted by atomic mass is 10.0. The number of anilines is 1. The Morgan fingerprint density at radius 1 is 1.16 bits per heavy atom. The van der Waals surface area contributed by atoms with Crippen molar-refractivity contribution in [3.63, 3.8) is 0 Å². The first-order valence-corrected chi connectivity index (χ1v) is 11.6. The minimum Gasteiger partial charge on any atom is -0.338 e. The molecular formula is C23H24N6OS. The maximum Gasteiger partial charge on any atom is 0.252 e. The molecule has 158 valence electrons. The molecule has 0 N–H and O–H groups in total. The second-order valence-corrected chi connectivity index (χ2v) is 8.70. The molecular weight excluding hydrogens is 408 g/mol. The van der Waals surface area contributed by atoms with Gasteiger partial charge in [0.2, 0.25) is 0 Å². The normalized spacial score (nSPS) is 16.3. The minimum atomic E-state index is -0.104. The van der Waals surface area contributed by atoms with Gasteiger partial charge in [0.05, 0.1) is 16.4 Å². The zero-order chi connectivity index (χ0) is 21.2. The fourth-order valence-corrected chi connectivity index (χ4v) is 5.26. The summed E-state index contributed by atoms with van der Waals surface area (Å²) in [7, 11) is 0. The van der Waals surface area contributed by atoms with Crippen LogP contribution in [0.2, 0.25) is 0 Å². The van der Waals surface area contributed by atoms with Crippen molar-refractivity contribution in [3.8, 4) is 5.95 Å². The summed E-state index contributed by atoms with van der Waals surface area (Å²) in [5, 5.41) is 5.11. The van der Waals surface area contributed by atoms with Crippen LogP contribution >= 0.6 is 11.3 Å². The Hall–Kier alpha value is -3.13. The number of rotatable bonds is 7. The zero-order valence-electron chi connectivity index (χ0n) is 17.4. The van der Waals surface area contributed by atoms with Crippen LogP contribution in [0.25, 0.3) is 16.3 Å². The zero-order valence-corrected chi connectivity index (χ0v) is 18.3. The summed E-state index contributed by atoms with van der Waals surface area (Å²) in [6, 6.07) is 11.9. The summed E-state index contributed by atoms with van der Waals surface area (Å²) in [6.45, 7) is 2.93. The molecule has 1 saturated heterocycles. The van der Waals surface area contributed by atoms with Gasteiger partial charge >= 0.3 is 0 Å². The third kappa shape index (κ3) is 3.95. The number of aromatic nitrogens is 5. The summed E-state index contributed by atoms with van der Waals surface area (Å²) < 4.78 is 2.65. The maximum absolute atomic E-state index is 13.0. The highest BCUT2D eigenvalue weighted by atomic mass is 32.1. The second kappa shape index (κ2) is 8.55. The third-order valence-corrected chi connectivity index (χ3v) is 6.85. The SMILES string of the molecule is CCc1nc(-n2cccn2)nc2nc(N3CCC[C@@H]3C(=O)CCc3ccccc3)sc12. The number of hydrogen-bond donors (Lipinski definition) is 0. The number of aryl methyl sites for hydroxylation is 2. The first kappa shape index (κ1) is 19.8. The number of carbonyl (C=O) groups excluding carboxylic acids is 1. The number of benzene rings is 1. The van der Waals surface area contributed by atoms with Gasteiger partial charge in [-0.2, -0.15) is 15.1 Å². The fraction of sp³-hybridized carbons (Fsp3) is 0.348. The molecule has 5 rings (SSSR count). The van der Waals surface area contributed by atoms with Gasteiger partial charge in [0.1, 0.15) is 0 Å². The number of thiazole rings is 1. The lowest BCUT2D eigenvalue weighted by Crippen LogP contribution is -2.36. The van der Waals surface area contributed by atoms with Crippen LogP contribution in [-0.2, 0) is 17.6 Å². The Balaban J connectivity index is 1.40. The molecule has 1 aliphatic rings. The number of ketones is 1. The Labute approximate surface area is 184 Å². The van der Waals surface area contributed by atoms with Crippen LogP contribution < -0.4 is 4.90 Å². The maximum atomic E-state index is 13.0. The van der Waals surface area contributed by atoms with E-state index in [9.17, 15) is 4.79 Å². The van der Waals surface area contributed by atoms with Gasteiger partial charge in [-0.1, -0.05) is 48.6 Å². The quantitative estimate of drug-likeness (QED) is 0.439. The summed E-state index contributed by atoms with van der Waals surface area (Å²) in [6.07, 6.45) is 7.55. The van der Waals surface area contributed by atoms with E-state index >= 15 is 0 Å². The average Bonchev–Trinajstić information content (AvgIpc) is 3.57. The smallest absolute Gasteiger partial charge is 0.252 e. The van der Waals surface area contributed by atoms with E-state index in [4.69, 9.17) is 9.97 Å².